The third-order valence-corrected chi connectivity index (χ3v) is 6.01. The Balaban J connectivity index is 1.71. The summed E-state index contributed by atoms with van der Waals surface area (Å²) in [6.45, 7) is 5.28. The van der Waals surface area contributed by atoms with Gasteiger partial charge in [0.05, 0.1) is 10.9 Å². The summed E-state index contributed by atoms with van der Waals surface area (Å²) in [7, 11) is -3.33. The number of amides is 1. The summed E-state index contributed by atoms with van der Waals surface area (Å²) in [5, 5.41) is 2.82. The number of hydrogen-bond donors (Lipinski definition) is 2. The van der Waals surface area contributed by atoms with Crippen molar-refractivity contribution in [2.75, 3.05) is 11.9 Å². The zero-order valence-electron chi connectivity index (χ0n) is 15.3. The Morgan fingerprint density at radius 2 is 1.85 bits per heavy atom. The fourth-order valence-corrected chi connectivity index (χ4v) is 2.98. The van der Waals surface area contributed by atoms with Gasteiger partial charge in [-0.25, -0.2) is 18.1 Å². The summed E-state index contributed by atoms with van der Waals surface area (Å²) in [6, 6.07) is 7.29. The molecule has 142 valence electrons. The SMILES string of the molecule is CC(C)(C)S(=O)(=O)NCCCCC(=O)Nc1ccc(-c2cnco2)cc1. The van der Waals surface area contributed by atoms with Gasteiger partial charge in [0.2, 0.25) is 15.9 Å². The van der Waals surface area contributed by atoms with E-state index in [9.17, 15) is 13.2 Å². The van der Waals surface area contributed by atoms with Crippen molar-refractivity contribution in [3.63, 3.8) is 0 Å². The van der Waals surface area contributed by atoms with Crippen LogP contribution in [0.25, 0.3) is 11.3 Å². The minimum Gasteiger partial charge on any atom is -0.444 e. The maximum atomic E-state index is 12.0. The Labute approximate surface area is 154 Å². The molecule has 0 bridgehead atoms. The van der Waals surface area contributed by atoms with Crippen molar-refractivity contribution in [1.29, 1.82) is 0 Å². The van der Waals surface area contributed by atoms with Gasteiger partial charge in [-0.1, -0.05) is 0 Å². The minimum absolute atomic E-state index is 0.101. The van der Waals surface area contributed by atoms with Crippen LogP contribution in [0.4, 0.5) is 5.69 Å². The minimum atomic E-state index is -3.33. The molecule has 0 unspecified atom stereocenters. The van der Waals surface area contributed by atoms with Crippen LogP contribution in [-0.2, 0) is 14.8 Å². The Morgan fingerprint density at radius 1 is 1.15 bits per heavy atom. The third kappa shape index (κ3) is 5.67. The number of anilines is 1. The number of hydrogen-bond acceptors (Lipinski definition) is 5. The van der Waals surface area contributed by atoms with Gasteiger partial charge in [0.15, 0.2) is 12.2 Å². The number of sulfonamides is 1. The van der Waals surface area contributed by atoms with Crippen LogP contribution in [-0.4, -0.2) is 30.6 Å². The molecule has 2 N–H and O–H groups in total. The quantitative estimate of drug-likeness (QED) is 0.686. The van der Waals surface area contributed by atoms with Crippen LogP contribution in [0.15, 0.2) is 41.3 Å². The van der Waals surface area contributed by atoms with Gasteiger partial charge < -0.3 is 9.73 Å². The predicted molar refractivity (Wildman–Crippen MR) is 101 cm³/mol. The van der Waals surface area contributed by atoms with E-state index in [2.05, 4.69) is 15.0 Å². The molecule has 1 aromatic carbocycles. The van der Waals surface area contributed by atoms with Crippen LogP contribution in [0, 0.1) is 0 Å². The lowest BCUT2D eigenvalue weighted by Crippen LogP contribution is -2.39. The lowest BCUT2D eigenvalue weighted by Gasteiger charge is -2.19. The number of nitrogens with zero attached hydrogens (tertiary/aromatic N) is 1. The van der Waals surface area contributed by atoms with Gasteiger partial charge in [0.25, 0.3) is 0 Å². The molecule has 1 heterocycles. The average Bonchev–Trinajstić information content (AvgIpc) is 3.08. The van der Waals surface area contributed by atoms with Gasteiger partial charge in [-0.3, -0.25) is 4.79 Å². The lowest BCUT2D eigenvalue weighted by molar-refractivity contribution is -0.116. The summed E-state index contributed by atoms with van der Waals surface area (Å²) >= 11 is 0. The molecule has 0 saturated carbocycles. The maximum Gasteiger partial charge on any atom is 0.224 e. The van der Waals surface area contributed by atoms with E-state index in [1.165, 1.54) is 6.39 Å². The highest BCUT2D eigenvalue weighted by Gasteiger charge is 2.27. The first kappa shape index (κ1) is 20.1. The second-order valence-electron chi connectivity index (χ2n) is 6.96. The van der Waals surface area contributed by atoms with E-state index in [0.29, 0.717) is 37.3 Å². The molecule has 8 heteroatoms. The number of carbonyl (C=O) groups excluding carboxylic acids is 1. The molecule has 0 aliphatic heterocycles. The fraction of sp³-hybridized carbons (Fsp3) is 0.444. The first-order valence-corrected chi connectivity index (χ1v) is 9.95. The normalized spacial score (nSPS) is 12.1. The molecular formula is C18H25N3O4S. The van der Waals surface area contributed by atoms with Gasteiger partial charge in [-0.15, -0.1) is 0 Å². The number of oxazole rings is 1. The molecule has 2 aromatic rings. The van der Waals surface area contributed by atoms with Gasteiger partial charge >= 0.3 is 0 Å². The maximum absolute atomic E-state index is 12.0. The molecule has 0 fully saturated rings. The second-order valence-corrected chi connectivity index (χ2v) is 9.48. The van der Waals surface area contributed by atoms with Gasteiger partial charge in [-0.2, -0.15) is 0 Å². The topological polar surface area (TPSA) is 101 Å². The van der Waals surface area contributed by atoms with Crippen molar-refractivity contribution < 1.29 is 17.6 Å². The molecule has 0 aliphatic carbocycles. The number of benzene rings is 1. The molecule has 0 atom stereocenters. The summed E-state index contributed by atoms with van der Waals surface area (Å²) in [5.41, 5.74) is 1.58. The van der Waals surface area contributed by atoms with Crippen LogP contribution in [0.3, 0.4) is 0 Å². The van der Waals surface area contributed by atoms with Crippen molar-refractivity contribution >= 4 is 21.6 Å². The van der Waals surface area contributed by atoms with Gasteiger partial charge in [0, 0.05) is 24.2 Å². The first-order valence-electron chi connectivity index (χ1n) is 8.47. The number of rotatable bonds is 8. The molecule has 1 amide bonds. The van der Waals surface area contributed by atoms with Crippen molar-refractivity contribution in [1.82, 2.24) is 9.71 Å². The molecule has 7 nitrogen and oxygen atoms in total. The highest BCUT2D eigenvalue weighted by atomic mass is 32.2. The smallest absolute Gasteiger partial charge is 0.224 e. The molecule has 0 saturated heterocycles. The molecule has 2 rings (SSSR count). The van der Waals surface area contributed by atoms with Crippen LogP contribution in [0.1, 0.15) is 40.0 Å². The summed E-state index contributed by atoms with van der Waals surface area (Å²) in [6.07, 6.45) is 4.54. The molecule has 26 heavy (non-hydrogen) atoms. The monoisotopic (exact) mass is 379 g/mol. The number of carbonyl (C=O) groups is 1. The second kappa shape index (κ2) is 8.46. The average molecular weight is 379 g/mol. The standard InChI is InChI=1S/C18H25N3O4S/c1-18(2,3)26(23,24)20-11-5-4-6-17(22)21-15-9-7-14(8-10-15)16-12-19-13-25-16/h7-10,12-13,20H,4-6,11H2,1-3H3,(H,21,22). The van der Waals surface area contributed by atoms with Crippen LogP contribution in [0.2, 0.25) is 0 Å². The fourth-order valence-electron chi connectivity index (χ4n) is 2.13. The number of unbranched alkanes of at least 4 members (excludes halogenated alkanes) is 1. The summed E-state index contributed by atoms with van der Waals surface area (Å²) in [5.74, 6) is 0.566. The Morgan fingerprint density at radius 3 is 2.42 bits per heavy atom. The Kier molecular flexibility index (Phi) is 6.55. The summed E-state index contributed by atoms with van der Waals surface area (Å²) < 4.78 is 30.8. The first-order chi connectivity index (χ1) is 12.2. The van der Waals surface area contributed by atoms with Gasteiger partial charge in [0.1, 0.15) is 0 Å². The Bertz CT molecular complexity index is 807. The molecule has 0 radical (unpaired) electrons. The molecule has 0 aliphatic rings. The van der Waals surface area contributed by atoms with E-state index >= 15 is 0 Å². The van der Waals surface area contributed by atoms with Crippen molar-refractivity contribution in [3.05, 3.63) is 36.9 Å². The van der Waals surface area contributed by atoms with Gasteiger partial charge in [-0.05, 0) is 57.9 Å². The molecule has 0 spiro atoms. The van der Waals surface area contributed by atoms with Crippen molar-refractivity contribution in [3.8, 4) is 11.3 Å². The van der Waals surface area contributed by atoms with Crippen LogP contribution < -0.4 is 10.0 Å². The highest BCUT2D eigenvalue weighted by molar-refractivity contribution is 7.90. The van der Waals surface area contributed by atoms with E-state index in [1.807, 2.05) is 12.1 Å². The zero-order chi connectivity index (χ0) is 19.2. The Hall–Kier alpha value is -2.19. The van der Waals surface area contributed by atoms with E-state index in [4.69, 9.17) is 4.42 Å². The van der Waals surface area contributed by atoms with Crippen LogP contribution in [0.5, 0.6) is 0 Å². The largest absolute Gasteiger partial charge is 0.444 e. The predicted octanol–water partition coefficient (Wildman–Crippen LogP) is 3.17. The van der Waals surface area contributed by atoms with Crippen LogP contribution >= 0.6 is 0 Å². The zero-order valence-corrected chi connectivity index (χ0v) is 16.1. The van der Waals surface area contributed by atoms with E-state index < -0.39 is 14.8 Å². The molecular weight excluding hydrogens is 354 g/mol. The third-order valence-electron chi connectivity index (χ3n) is 3.81. The highest BCUT2D eigenvalue weighted by Crippen LogP contribution is 2.20. The van der Waals surface area contributed by atoms with E-state index in [0.717, 1.165) is 5.56 Å². The lowest BCUT2D eigenvalue weighted by atomic mass is 10.1. The summed E-state index contributed by atoms with van der Waals surface area (Å²) in [4.78, 5) is 15.8. The van der Waals surface area contributed by atoms with Crippen molar-refractivity contribution in [2.45, 2.75) is 44.8 Å². The molecule has 1 aromatic heterocycles. The number of nitrogens with one attached hydrogen (secondary N) is 2. The van der Waals surface area contributed by atoms with Crippen molar-refractivity contribution in [2.24, 2.45) is 0 Å². The van der Waals surface area contributed by atoms with E-state index in [-0.39, 0.29) is 5.91 Å². The van der Waals surface area contributed by atoms with E-state index in [1.54, 1.807) is 39.1 Å². The number of aromatic nitrogens is 1.